The van der Waals surface area contributed by atoms with Crippen molar-refractivity contribution in [2.75, 3.05) is 0 Å². The number of carbonyl (C=O) groups is 1. The summed E-state index contributed by atoms with van der Waals surface area (Å²) in [6.45, 7) is 0. The monoisotopic (exact) mass is 429 g/mol. The number of primary amides is 1. The molecule has 0 radical (unpaired) electrons. The van der Waals surface area contributed by atoms with E-state index in [4.69, 9.17) is 5.73 Å². The molecule has 0 spiro atoms. The Morgan fingerprint density at radius 3 is 2.33 bits per heavy atom. The first-order valence-electron chi connectivity index (χ1n) is 8.14. The van der Waals surface area contributed by atoms with Crippen LogP contribution in [0.4, 0.5) is 0 Å². The Hall–Kier alpha value is -2.76. The fourth-order valence-corrected chi connectivity index (χ4v) is 4.29. The third kappa shape index (κ3) is 2.89. The second-order valence-corrected chi connectivity index (χ2v) is 7.59. The van der Waals surface area contributed by atoms with Crippen molar-refractivity contribution in [3.05, 3.63) is 80.3 Å². The third-order valence-corrected chi connectivity index (χ3v) is 5.78. The van der Waals surface area contributed by atoms with Crippen LogP contribution in [0.1, 0.15) is 23.5 Å². The van der Waals surface area contributed by atoms with Crippen LogP contribution in [-0.2, 0) is 10.4 Å². The van der Waals surface area contributed by atoms with Crippen molar-refractivity contribution >= 4 is 21.8 Å². The topological polar surface area (TPSA) is 130 Å². The maximum atomic E-state index is 12.3. The number of nitrogens with zero attached hydrogens (tertiary/aromatic N) is 2. The second-order valence-electron chi connectivity index (χ2n) is 6.67. The number of amides is 1. The van der Waals surface area contributed by atoms with Crippen LogP contribution in [0, 0.1) is 26.9 Å². The molecule has 2 aromatic carbocycles. The second kappa shape index (κ2) is 6.76. The lowest BCUT2D eigenvalue weighted by atomic mass is 9.74. The van der Waals surface area contributed by atoms with Crippen LogP contribution in [0.5, 0.6) is 0 Å². The Balaban J connectivity index is 2.29. The minimum absolute atomic E-state index is 0.256. The smallest absolute Gasteiger partial charge is 0.254 e. The van der Waals surface area contributed by atoms with E-state index in [0.29, 0.717) is 5.56 Å². The molecule has 1 aliphatic carbocycles. The van der Waals surface area contributed by atoms with Gasteiger partial charge >= 0.3 is 0 Å². The molecular weight excluding hydrogens is 414 g/mol. The van der Waals surface area contributed by atoms with Crippen LogP contribution in [0.3, 0.4) is 0 Å². The molecule has 1 amide bonds. The number of nitriles is 1. The minimum Gasteiger partial charge on any atom is -0.378 e. The van der Waals surface area contributed by atoms with Crippen LogP contribution in [0.2, 0.25) is 0 Å². The van der Waals surface area contributed by atoms with Gasteiger partial charge in [0.1, 0.15) is 0 Å². The maximum Gasteiger partial charge on any atom is 0.254 e. The minimum atomic E-state index is -2.03. The molecule has 3 rings (SSSR count). The number of rotatable bonds is 4. The fourth-order valence-electron chi connectivity index (χ4n) is 4.02. The molecule has 138 valence electrons. The summed E-state index contributed by atoms with van der Waals surface area (Å²) in [5.41, 5.74) is 2.27. The summed E-state index contributed by atoms with van der Waals surface area (Å²) in [5, 5.41) is 33.3. The molecule has 7 nitrogen and oxygen atoms in total. The first kappa shape index (κ1) is 19.0. The molecule has 0 heterocycles. The number of nitrogens with two attached hydrogens (primary N) is 1. The first-order valence-corrected chi connectivity index (χ1v) is 8.93. The SMILES string of the molecule is N#C[C@@]1(C(N)=O)C[C@](O)(c2ccc(Br)cc2)[C@@H]([N+](=O)[O-])[C@@H]1c1ccccc1. The van der Waals surface area contributed by atoms with E-state index in [2.05, 4.69) is 15.9 Å². The number of aliphatic hydroxyl groups is 1. The Bertz CT molecular complexity index is 928. The zero-order chi connectivity index (χ0) is 19.8. The summed E-state index contributed by atoms with van der Waals surface area (Å²) < 4.78 is 0.728. The Morgan fingerprint density at radius 1 is 1.26 bits per heavy atom. The van der Waals surface area contributed by atoms with Crippen molar-refractivity contribution in [3.8, 4) is 6.07 Å². The number of halogens is 1. The van der Waals surface area contributed by atoms with Gasteiger partial charge in [-0.3, -0.25) is 14.9 Å². The van der Waals surface area contributed by atoms with E-state index < -0.39 is 40.2 Å². The molecule has 4 atom stereocenters. The molecule has 0 bridgehead atoms. The Labute approximate surface area is 163 Å². The van der Waals surface area contributed by atoms with Gasteiger partial charge in [-0.25, -0.2) is 0 Å². The number of hydrogen-bond acceptors (Lipinski definition) is 5. The van der Waals surface area contributed by atoms with Gasteiger partial charge in [0.05, 0.1) is 12.0 Å². The zero-order valence-electron chi connectivity index (χ0n) is 14.1. The first-order chi connectivity index (χ1) is 12.8. The highest BCUT2D eigenvalue weighted by molar-refractivity contribution is 9.10. The van der Waals surface area contributed by atoms with E-state index in [1.807, 2.05) is 6.07 Å². The highest BCUT2D eigenvalue weighted by Gasteiger charge is 2.70. The third-order valence-electron chi connectivity index (χ3n) is 5.25. The summed E-state index contributed by atoms with van der Waals surface area (Å²) in [5.74, 6) is -2.18. The van der Waals surface area contributed by atoms with Crippen LogP contribution in [-0.4, -0.2) is 22.0 Å². The van der Waals surface area contributed by atoms with Crippen molar-refractivity contribution in [1.29, 1.82) is 5.26 Å². The molecule has 1 aliphatic rings. The zero-order valence-corrected chi connectivity index (χ0v) is 15.7. The average Bonchev–Trinajstić information content (AvgIpc) is 2.94. The average molecular weight is 430 g/mol. The van der Waals surface area contributed by atoms with E-state index in [-0.39, 0.29) is 5.56 Å². The normalized spacial score (nSPS) is 29.8. The van der Waals surface area contributed by atoms with Crippen molar-refractivity contribution in [2.24, 2.45) is 11.1 Å². The molecule has 0 saturated heterocycles. The number of nitro groups is 1. The molecule has 0 aromatic heterocycles. The molecule has 27 heavy (non-hydrogen) atoms. The van der Waals surface area contributed by atoms with Crippen molar-refractivity contribution < 1.29 is 14.8 Å². The summed E-state index contributed by atoms with van der Waals surface area (Å²) in [6, 6.07) is 14.9. The van der Waals surface area contributed by atoms with E-state index >= 15 is 0 Å². The quantitative estimate of drug-likeness (QED) is 0.569. The van der Waals surface area contributed by atoms with E-state index in [1.54, 1.807) is 42.5 Å². The molecule has 0 aliphatic heterocycles. The summed E-state index contributed by atoms with van der Waals surface area (Å²) in [4.78, 5) is 23.8. The fraction of sp³-hybridized carbons (Fsp3) is 0.263. The van der Waals surface area contributed by atoms with E-state index in [1.165, 1.54) is 12.1 Å². The van der Waals surface area contributed by atoms with Crippen LogP contribution in [0.25, 0.3) is 0 Å². The molecule has 2 aromatic rings. The van der Waals surface area contributed by atoms with Gasteiger partial charge in [0, 0.05) is 15.8 Å². The Morgan fingerprint density at radius 2 is 1.85 bits per heavy atom. The van der Waals surface area contributed by atoms with E-state index in [9.17, 15) is 25.3 Å². The predicted molar refractivity (Wildman–Crippen MR) is 99.9 cm³/mol. The number of hydrogen-bond donors (Lipinski definition) is 2. The lowest BCUT2D eigenvalue weighted by molar-refractivity contribution is -0.547. The van der Waals surface area contributed by atoms with Crippen LogP contribution < -0.4 is 5.73 Å². The number of carbonyl (C=O) groups excluding carboxylic acids is 1. The van der Waals surface area contributed by atoms with Gasteiger partial charge in [0.25, 0.3) is 6.04 Å². The summed E-state index contributed by atoms with van der Waals surface area (Å²) in [6.07, 6.45) is -0.460. The van der Waals surface area contributed by atoms with Gasteiger partial charge in [-0.15, -0.1) is 0 Å². The lowest BCUT2D eigenvalue weighted by Crippen LogP contribution is -2.43. The molecular formula is C19H16BrN3O4. The Kier molecular flexibility index (Phi) is 4.76. The molecule has 8 heteroatoms. The van der Waals surface area contributed by atoms with Crippen LogP contribution >= 0.6 is 15.9 Å². The molecule has 1 fully saturated rings. The predicted octanol–water partition coefficient (Wildman–Crippen LogP) is 2.46. The summed E-state index contributed by atoms with van der Waals surface area (Å²) >= 11 is 3.28. The van der Waals surface area contributed by atoms with Crippen LogP contribution in [0.15, 0.2) is 59.1 Å². The number of benzene rings is 2. The van der Waals surface area contributed by atoms with Gasteiger partial charge < -0.3 is 10.8 Å². The van der Waals surface area contributed by atoms with Crippen molar-refractivity contribution in [1.82, 2.24) is 0 Å². The molecule has 0 unspecified atom stereocenters. The summed E-state index contributed by atoms with van der Waals surface area (Å²) in [7, 11) is 0. The van der Waals surface area contributed by atoms with Gasteiger partial charge in [-0.05, 0) is 23.3 Å². The maximum absolute atomic E-state index is 12.3. The van der Waals surface area contributed by atoms with Gasteiger partial charge in [0.2, 0.25) is 5.91 Å². The largest absolute Gasteiger partial charge is 0.378 e. The highest BCUT2D eigenvalue weighted by Crippen LogP contribution is 2.58. The van der Waals surface area contributed by atoms with Gasteiger partial charge in [-0.1, -0.05) is 58.4 Å². The van der Waals surface area contributed by atoms with Crippen molar-refractivity contribution in [3.63, 3.8) is 0 Å². The highest BCUT2D eigenvalue weighted by atomic mass is 79.9. The lowest BCUT2D eigenvalue weighted by Gasteiger charge is -2.27. The standard InChI is InChI=1S/C19H16BrN3O4/c20-14-8-6-13(7-9-14)19(25)10-18(11-21,17(22)24)15(16(19)23(26)27)12-4-2-1-3-5-12/h1-9,15-16,25H,10H2,(H2,22,24)/t15-,16-,18-,19-/m0/s1. The van der Waals surface area contributed by atoms with E-state index in [0.717, 1.165) is 4.47 Å². The molecule has 1 saturated carbocycles. The van der Waals surface area contributed by atoms with Gasteiger partial charge in [0.15, 0.2) is 11.0 Å². The molecule has 3 N–H and O–H groups in total. The van der Waals surface area contributed by atoms with Gasteiger partial charge in [-0.2, -0.15) is 5.26 Å². The van der Waals surface area contributed by atoms with Crippen molar-refractivity contribution in [2.45, 2.75) is 24.0 Å².